The summed E-state index contributed by atoms with van der Waals surface area (Å²) in [5.74, 6) is 0.0808. The maximum Gasteiger partial charge on any atom is 0.306 e. The van der Waals surface area contributed by atoms with Gasteiger partial charge in [0.05, 0.1) is 18.9 Å². The smallest absolute Gasteiger partial charge is 0.306 e. The number of methoxy groups -OCH3 is 1. The number of carbonyl (C=O) groups excluding carboxylic acids is 2. The molecule has 1 N–H and O–H groups in total. The minimum atomic E-state index is -0.482. The molecule has 0 saturated carbocycles. The van der Waals surface area contributed by atoms with Gasteiger partial charge in [-0.15, -0.1) is 0 Å². The fourth-order valence-electron chi connectivity index (χ4n) is 5.02. The van der Waals surface area contributed by atoms with Gasteiger partial charge in [-0.3, -0.25) is 14.5 Å². The number of hydrogen-bond donors (Lipinski definition) is 1. The van der Waals surface area contributed by atoms with Crippen LogP contribution in [0.25, 0.3) is 0 Å². The molecule has 3 aliphatic rings. The molecule has 0 aromatic heterocycles. The molecule has 1 aromatic carbocycles. The first-order chi connectivity index (χ1) is 12.1. The number of anilines is 1. The third kappa shape index (κ3) is 2.33. The summed E-state index contributed by atoms with van der Waals surface area (Å²) >= 11 is 0. The number of benzene rings is 1. The Balaban J connectivity index is 1.70. The van der Waals surface area contributed by atoms with E-state index in [4.69, 9.17) is 4.74 Å². The van der Waals surface area contributed by atoms with Crippen LogP contribution >= 0.6 is 0 Å². The molecule has 1 spiro atoms. The molecule has 0 aliphatic carbocycles. The maximum atomic E-state index is 13.0. The van der Waals surface area contributed by atoms with Gasteiger partial charge in [-0.2, -0.15) is 0 Å². The molecular weight excluding hydrogens is 316 g/mol. The molecule has 3 heterocycles. The van der Waals surface area contributed by atoms with Crippen LogP contribution in [0.4, 0.5) is 5.69 Å². The van der Waals surface area contributed by atoms with Gasteiger partial charge in [0, 0.05) is 24.8 Å². The van der Waals surface area contributed by atoms with E-state index in [-0.39, 0.29) is 23.8 Å². The Kier molecular flexibility index (Phi) is 3.91. The van der Waals surface area contributed by atoms with Crippen molar-refractivity contribution in [1.82, 2.24) is 4.90 Å². The molecule has 5 heteroatoms. The van der Waals surface area contributed by atoms with Crippen molar-refractivity contribution >= 4 is 17.6 Å². The topological polar surface area (TPSA) is 58.6 Å². The Labute approximate surface area is 148 Å². The van der Waals surface area contributed by atoms with Gasteiger partial charge in [0.2, 0.25) is 5.91 Å². The van der Waals surface area contributed by atoms with Crippen molar-refractivity contribution in [3.63, 3.8) is 0 Å². The van der Waals surface area contributed by atoms with Crippen molar-refractivity contribution < 1.29 is 14.3 Å². The molecule has 132 valence electrons. The van der Waals surface area contributed by atoms with E-state index in [0.717, 1.165) is 37.2 Å². The number of nitrogens with zero attached hydrogens (tertiary/aromatic N) is 1. The van der Waals surface area contributed by atoms with Gasteiger partial charge in [0.25, 0.3) is 0 Å². The highest BCUT2D eigenvalue weighted by atomic mass is 16.5. The van der Waals surface area contributed by atoms with E-state index < -0.39 is 5.41 Å². The molecule has 3 aliphatic heterocycles. The molecule has 4 rings (SSSR count). The highest BCUT2D eigenvalue weighted by Crippen LogP contribution is 2.52. The minimum Gasteiger partial charge on any atom is -0.469 e. The number of hydrogen-bond acceptors (Lipinski definition) is 4. The number of carbonyl (C=O) groups is 2. The third-order valence-electron chi connectivity index (χ3n) is 6.29. The van der Waals surface area contributed by atoms with Gasteiger partial charge in [0.15, 0.2) is 0 Å². The van der Waals surface area contributed by atoms with Crippen LogP contribution in [0.3, 0.4) is 0 Å². The van der Waals surface area contributed by atoms with Crippen molar-refractivity contribution in [2.45, 2.75) is 37.6 Å². The van der Waals surface area contributed by atoms with Crippen molar-refractivity contribution in [1.29, 1.82) is 0 Å². The average Bonchev–Trinajstić information content (AvgIpc) is 3.14. The molecule has 0 radical (unpaired) electrons. The summed E-state index contributed by atoms with van der Waals surface area (Å²) in [7, 11) is 1.44. The van der Waals surface area contributed by atoms with E-state index in [1.54, 1.807) is 0 Å². The summed E-state index contributed by atoms with van der Waals surface area (Å²) in [5.41, 5.74) is 2.86. The Morgan fingerprint density at radius 3 is 3.00 bits per heavy atom. The van der Waals surface area contributed by atoms with Gasteiger partial charge in [-0.05, 0) is 37.3 Å². The summed E-state index contributed by atoms with van der Waals surface area (Å²) in [6.07, 6.45) is 4.16. The van der Waals surface area contributed by atoms with E-state index in [9.17, 15) is 9.59 Å². The standard InChI is InChI=1S/C20H24N2O3/c1-3-13-12-22-9-8-20(17(22)10-14(13)11-18(23)25-2)15-6-4-5-7-16(15)21-19(20)24/h3-7,14,17H,8-12H2,1-2H3,(H,21,24)/b13-3-/t14-,17+,20-/m1/s1. The molecule has 5 nitrogen and oxygen atoms in total. The number of para-hydroxylation sites is 1. The van der Waals surface area contributed by atoms with Crippen LogP contribution in [0, 0.1) is 5.92 Å². The Morgan fingerprint density at radius 2 is 2.24 bits per heavy atom. The van der Waals surface area contributed by atoms with E-state index >= 15 is 0 Å². The number of amides is 1. The number of esters is 1. The molecule has 25 heavy (non-hydrogen) atoms. The lowest BCUT2D eigenvalue weighted by Crippen LogP contribution is -2.51. The Morgan fingerprint density at radius 1 is 1.44 bits per heavy atom. The molecule has 1 aromatic rings. The van der Waals surface area contributed by atoms with Gasteiger partial charge in [-0.1, -0.05) is 29.8 Å². The van der Waals surface area contributed by atoms with Crippen LogP contribution in [0.5, 0.6) is 0 Å². The maximum absolute atomic E-state index is 13.0. The lowest BCUT2D eigenvalue weighted by molar-refractivity contribution is -0.141. The fraction of sp³-hybridized carbons (Fsp3) is 0.500. The van der Waals surface area contributed by atoms with Gasteiger partial charge in [-0.25, -0.2) is 0 Å². The van der Waals surface area contributed by atoms with Crippen molar-refractivity contribution in [2.24, 2.45) is 5.92 Å². The SMILES string of the molecule is C/C=C1/CN2CC[C@]3(C(=O)Nc4ccccc43)[C@@H]2C[C@@H]1CC(=O)OC. The normalized spacial score (nSPS) is 32.6. The lowest BCUT2D eigenvalue weighted by atomic mass is 9.70. The van der Waals surface area contributed by atoms with Crippen LogP contribution in [0.1, 0.15) is 31.7 Å². The monoisotopic (exact) mass is 340 g/mol. The summed E-state index contributed by atoms with van der Waals surface area (Å²) in [4.78, 5) is 27.3. The second-order valence-corrected chi connectivity index (χ2v) is 7.28. The minimum absolute atomic E-state index is 0.113. The zero-order chi connectivity index (χ0) is 17.6. The number of allylic oxidation sites excluding steroid dienone is 1. The first-order valence-corrected chi connectivity index (χ1v) is 8.97. The predicted molar refractivity (Wildman–Crippen MR) is 95.2 cm³/mol. The van der Waals surface area contributed by atoms with Crippen LogP contribution in [0.15, 0.2) is 35.9 Å². The summed E-state index contributed by atoms with van der Waals surface area (Å²) in [6, 6.07) is 8.17. The largest absolute Gasteiger partial charge is 0.469 e. The summed E-state index contributed by atoms with van der Waals surface area (Å²) < 4.78 is 4.89. The molecular formula is C20H24N2O3. The van der Waals surface area contributed by atoms with Gasteiger partial charge < -0.3 is 10.1 Å². The van der Waals surface area contributed by atoms with E-state index in [1.807, 2.05) is 25.1 Å². The number of nitrogens with one attached hydrogen (secondary N) is 1. The number of ether oxygens (including phenoxy) is 1. The average molecular weight is 340 g/mol. The quantitative estimate of drug-likeness (QED) is 0.664. The van der Waals surface area contributed by atoms with Crippen molar-refractivity contribution in [2.75, 3.05) is 25.5 Å². The summed E-state index contributed by atoms with van der Waals surface area (Å²) in [5, 5.41) is 3.08. The molecule has 0 bridgehead atoms. The van der Waals surface area contributed by atoms with E-state index in [2.05, 4.69) is 22.4 Å². The van der Waals surface area contributed by atoms with Crippen LogP contribution in [-0.4, -0.2) is 43.0 Å². The highest BCUT2D eigenvalue weighted by Gasteiger charge is 2.59. The van der Waals surface area contributed by atoms with Crippen LogP contribution < -0.4 is 5.32 Å². The number of rotatable bonds is 2. The molecule has 3 atom stereocenters. The Hall–Kier alpha value is -2.14. The number of piperidine rings is 1. The zero-order valence-electron chi connectivity index (χ0n) is 14.7. The number of fused-ring (bicyclic) bond motifs is 4. The highest BCUT2D eigenvalue weighted by molar-refractivity contribution is 6.07. The predicted octanol–water partition coefficient (Wildman–Crippen LogP) is 2.48. The first-order valence-electron chi connectivity index (χ1n) is 8.97. The zero-order valence-corrected chi connectivity index (χ0v) is 14.7. The van der Waals surface area contributed by atoms with Crippen molar-refractivity contribution in [3.8, 4) is 0 Å². The molecule has 1 amide bonds. The summed E-state index contributed by atoms with van der Waals surface area (Å²) in [6.45, 7) is 3.78. The lowest BCUT2D eigenvalue weighted by Gasteiger charge is -2.42. The van der Waals surface area contributed by atoms with Crippen LogP contribution in [0.2, 0.25) is 0 Å². The molecule has 2 saturated heterocycles. The molecule has 0 unspecified atom stereocenters. The third-order valence-corrected chi connectivity index (χ3v) is 6.29. The Bertz CT molecular complexity index is 757. The fourth-order valence-corrected chi connectivity index (χ4v) is 5.02. The van der Waals surface area contributed by atoms with Crippen LogP contribution in [-0.2, 0) is 19.7 Å². The van der Waals surface area contributed by atoms with E-state index in [0.29, 0.717) is 6.42 Å². The van der Waals surface area contributed by atoms with Crippen molar-refractivity contribution in [3.05, 3.63) is 41.5 Å². The van der Waals surface area contributed by atoms with E-state index in [1.165, 1.54) is 12.7 Å². The van der Waals surface area contributed by atoms with Gasteiger partial charge in [0.1, 0.15) is 0 Å². The second-order valence-electron chi connectivity index (χ2n) is 7.28. The second kappa shape index (κ2) is 5.99. The molecule has 2 fully saturated rings. The first kappa shape index (κ1) is 16.3. The van der Waals surface area contributed by atoms with Gasteiger partial charge >= 0.3 is 5.97 Å².